The quantitative estimate of drug-likeness (QED) is 0.0678. The number of nitro benzene ring substituents is 1. The van der Waals surface area contributed by atoms with Gasteiger partial charge in [0.25, 0.3) is 25.9 Å². The average Bonchev–Trinajstić information content (AvgIpc) is 2.87. The first-order chi connectivity index (χ1) is 18.7. The summed E-state index contributed by atoms with van der Waals surface area (Å²) in [6.45, 7) is 1.55. The van der Waals surface area contributed by atoms with Gasteiger partial charge in [-0.2, -0.15) is 21.9 Å². The lowest BCUT2D eigenvalue weighted by Gasteiger charge is -2.14. The summed E-state index contributed by atoms with van der Waals surface area (Å²) in [5, 5.41) is 36.7. The zero-order chi connectivity index (χ0) is 29.4. The number of phenols is 1. The molecule has 0 amide bonds. The Morgan fingerprint density at radius 1 is 0.825 bits per heavy atom. The van der Waals surface area contributed by atoms with Crippen LogP contribution in [0.15, 0.2) is 90.9 Å². The van der Waals surface area contributed by atoms with Crippen molar-refractivity contribution in [3.63, 3.8) is 0 Å². The number of azo groups is 2. The van der Waals surface area contributed by atoms with Crippen molar-refractivity contribution < 1.29 is 36.0 Å². The van der Waals surface area contributed by atoms with Gasteiger partial charge in [-0.25, -0.2) is 0 Å². The van der Waals surface area contributed by atoms with E-state index in [1.807, 2.05) is 0 Å². The lowest BCUT2D eigenvalue weighted by molar-refractivity contribution is -0.384. The maximum absolute atomic E-state index is 12.2. The number of nitrogen functional groups attached to an aromatic ring is 1. The maximum Gasteiger partial charge on any atom is 0.296 e. The molecule has 0 saturated carbocycles. The van der Waals surface area contributed by atoms with E-state index in [1.54, 1.807) is 25.1 Å². The maximum atomic E-state index is 12.2. The molecule has 0 atom stereocenters. The number of rotatable bonds is 7. The zero-order valence-corrected chi connectivity index (χ0v) is 21.8. The average molecular weight is 587 g/mol. The van der Waals surface area contributed by atoms with Gasteiger partial charge in [-0.15, -0.1) is 15.3 Å². The lowest BCUT2D eigenvalue weighted by Crippen LogP contribution is -2.03. The Hall–Kier alpha value is -4.84. The van der Waals surface area contributed by atoms with Crippen molar-refractivity contribution in [2.75, 3.05) is 5.73 Å². The van der Waals surface area contributed by atoms with Crippen LogP contribution in [0.2, 0.25) is 0 Å². The number of phenolic OH excluding ortho intramolecular Hbond substituents is 1. The lowest BCUT2D eigenvalue weighted by atomic mass is 10.1. The third-order valence-electron chi connectivity index (χ3n) is 5.55. The second-order valence-corrected chi connectivity index (χ2v) is 11.0. The van der Waals surface area contributed by atoms with Crippen molar-refractivity contribution in [3.8, 4) is 5.75 Å². The number of non-ortho nitro benzene ring substituents is 1. The SMILES string of the molecule is Cc1ccc([N+](=O)[O-])cc1N=Nc1c(S(=O)(=O)O)cc2cc(S(=O)(=O)O)c(N=Nc3ccccc3)c(O)c2c1N. The van der Waals surface area contributed by atoms with Crippen LogP contribution in [-0.2, 0) is 20.2 Å². The molecule has 0 fully saturated rings. The molecule has 40 heavy (non-hydrogen) atoms. The van der Waals surface area contributed by atoms with Gasteiger partial charge in [0.2, 0.25) is 0 Å². The Labute approximate surface area is 226 Å². The van der Waals surface area contributed by atoms with Crippen molar-refractivity contribution in [3.05, 3.63) is 76.3 Å². The van der Waals surface area contributed by atoms with Crippen molar-refractivity contribution in [1.29, 1.82) is 0 Å². The minimum Gasteiger partial charge on any atom is -0.505 e. The molecule has 0 unspecified atom stereocenters. The highest BCUT2D eigenvalue weighted by Gasteiger charge is 2.28. The number of benzene rings is 4. The molecule has 15 nitrogen and oxygen atoms in total. The molecule has 0 aliphatic rings. The van der Waals surface area contributed by atoms with Crippen LogP contribution >= 0.6 is 0 Å². The number of hydrogen-bond acceptors (Lipinski definition) is 12. The van der Waals surface area contributed by atoms with Gasteiger partial charge in [0.1, 0.15) is 21.2 Å². The van der Waals surface area contributed by atoms with Gasteiger partial charge in [-0.1, -0.05) is 24.3 Å². The van der Waals surface area contributed by atoms with Crippen molar-refractivity contribution >= 4 is 65.1 Å². The van der Waals surface area contributed by atoms with Crippen LogP contribution in [0.3, 0.4) is 0 Å². The fourth-order valence-electron chi connectivity index (χ4n) is 3.63. The molecule has 5 N–H and O–H groups in total. The van der Waals surface area contributed by atoms with Crippen LogP contribution in [0, 0.1) is 17.0 Å². The van der Waals surface area contributed by atoms with Crippen LogP contribution in [0.1, 0.15) is 5.56 Å². The normalized spacial score (nSPS) is 12.5. The molecule has 0 aromatic heterocycles. The molecule has 4 rings (SSSR count). The smallest absolute Gasteiger partial charge is 0.296 e. The molecule has 17 heteroatoms. The van der Waals surface area contributed by atoms with E-state index in [9.17, 15) is 41.2 Å². The van der Waals surface area contributed by atoms with E-state index >= 15 is 0 Å². The highest BCUT2D eigenvalue weighted by atomic mass is 32.2. The standard InChI is InChI=1S/C23H18N6O9S2/c1-12-7-8-15(29(31)32)11-16(12)26-27-21-17(39(33,34)35)9-13-10-18(40(36,37)38)22(23(30)19(13)20(21)24)28-25-14-5-3-2-4-6-14/h2-11,30H,24H2,1H3,(H,33,34,35)(H,36,37,38). The summed E-state index contributed by atoms with van der Waals surface area (Å²) < 4.78 is 68.3. The number of nitro groups is 1. The van der Waals surface area contributed by atoms with E-state index < -0.39 is 57.8 Å². The van der Waals surface area contributed by atoms with Crippen LogP contribution in [0.25, 0.3) is 10.8 Å². The van der Waals surface area contributed by atoms with Crippen molar-refractivity contribution in [2.45, 2.75) is 16.7 Å². The van der Waals surface area contributed by atoms with E-state index in [2.05, 4.69) is 20.5 Å². The molecule has 0 aliphatic heterocycles. The predicted molar refractivity (Wildman–Crippen MR) is 142 cm³/mol. The van der Waals surface area contributed by atoms with Gasteiger partial charge in [0.05, 0.1) is 27.4 Å². The van der Waals surface area contributed by atoms with Gasteiger partial charge in [-0.3, -0.25) is 19.2 Å². The summed E-state index contributed by atoms with van der Waals surface area (Å²) in [7, 11) is -10.1. The van der Waals surface area contributed by atoms with Gasteiger partial charge in [-0.05, 0) is 42.1 Å². The van der Waals surface area contributed by atoms with Crippen molar-refractivity contribution in [2.24, 2.45) is 20.5 Å². The van der Waals surface area contributed by atoms with Crippen molar-refractivity contribution in [1.82, 2.24) is 0 Å². The molecule has 0 bridgehead atoms. The van der Waals surface area contributed by atoms with Gasteiger partial charge in [0, 0.05) is 12.1 Å². The van der Waals surface area contributed by atoms with Crippen LogP contribution in [0.5, 0.6) is 5.75 Å². The van der Waals surface area contributed by atoms with Crippen LogP contribution in [0.4, 0.5) is 34.1 Å². The number of nitrogens with zero attached hydrogens (tertiary/aromatic N) is 5. The van der Waals surface area contributed by atoms with Gasteiger partial charge in [0.15, 0.2) is 5.75 Å². The third kappa shape index (κ3) is 5.61. The molecular weight excluding hydrogens is 568 g/mol. The molecule has 4 aromatic rings. The fraction of sp³-hybridized carbons (Fsp3) is 0.0435. The topological polar surface area (TPSA) is 248 Å². The summed E-state index contributed by atoms with van der Waals surface area (Å²) in [5.74, 6) is -0.910. The van der Waals surface area contributed by atoms with E-state index in [1.165, 1.54) is 24.3 Å². The first kappa shape index (κ1) is 28.2. The number of fused-ring (bicyclic) bond motifs is 1. The molecule has 206 valence electrons. The summed E-state index contributed by atoms with van der Waals surface area (Å²) in [6, 6.07) is 13.2. The minimum absolute atomic E-state index is 0.0294. The number of aryl methyl sites for hydroxylation is 1. The molecule has 0 aliphatic carbocycles. The van der Waals surface area contributed by atoms with E-state index in [0.29, 0.717) is 5.56 Å². The van der Waals surface area contributed by atoms with E-state index in [0.717, 1.165) is 18.2 Å². The molecule has 0 heterocycles. The number of anilines is 1. The predicted octanol–water partition coefficient (Wildman–Crippen LogP) is 5.67. The number of aromatic hydroxyl groups is 1. The monoisotopic (exact) mass is 586 g/mol. The molecule has 0 spiro atoms. The Kier molecular flexibility index (Phi) is 7.31. The molecular formula is C23H18N6O9S2. The molecule has 0 saturated heterocycles. The first-order valence-electron chi connectivity index (χ1n) is 10.9. The second-order valence-electron chi connectivity index (χ2n) is 8.22. The summed E-state index contributed by atoms with van der Waals surface area (Å²) in [6.07, 6.45) is 0. The zero-order valence-electron chi connectivity index (χ0n) is 20.2. The molecule has 4 aromatic carbocycles. The largest absolute Gasteiger partial charge is 0.505 e. The van der Waals surface area contributed by atoms with E-state index in [4.69, 9.17) is 5.73 Å². The van der Waals surface area contributed by atoms with Crippen LogP contribution in [-0.4, -0.2) is 36.0 Å². The highest BCUT2D eigenvalue weighted by Crippen LogP contribution is 2.48. The summed E-state index contributed by atoms with van der Waals surface area (Å²) in [5.41, 5.74) is 4.52. The minimum atomic E-state index is -5.08. The first-order valence-corrected chi connectivity index (χ1v) is 13.8. The fourth-order valence-corrected chi connectivity index (χ4v) is 4.96. The van der Waals surface area contributed by atoms with Gasteiger partial charge >= 0.3 is 0 Å². The summed E-state index contributed by atoms with van der Waals surface area (Å²) in [4.78, 5) is 8.60. The highest BCUT2D eigenvalue weighted by molar-refractivity contribution is 7.86. The Morgan fingerprint density at radius 2 is 1.40 bits per heavy atom. The Bertz CT molecular complexity index is 1960. The van der Waals surface area contributed by atoms with E-state index in [-0.39, 0.29) is 27.8 Å². The molecule has 0 radical (unpaired) electrons. The van der Waals surface area contributed by atoms with Crippen LogP contribution < -0.4 is 5.73 Å². The number of hydrogen-bond donors (Lipinski definition) is 4. The van der Waals surface area contributed by atoms with Gasteiger partial charge < -0.3 is 10.8 Å². The third-order valence-corrected chi connectivity index (χ3v) is 7.29. The Morgan fingerprint density at radius 3 is 1.98 bits per heavy atom. The number of nitrogens with two attached hydrogens (primary N) is 1. The second kappa shape index (κ2) is 10.4. The summed E-state index contributed by atoms with van der Waals surface area (Å²) >= 11 is 0. The Balaban J connectivity index is 2.03.